The maximum atomic E-state index is 14.4. The molecule has 5 aliphatic rings. The SMILES string of the molecule is O=C(NC1CCCCC(N2CCC3(CC2)CN(C(=O)OC2CCC2)c2ccc(F)cc23)C1)O[C@H]1CCOC1. The van der Waals surface area contributed by atoms with Crippen LogP contribution in [-0.2, 0) is 19.6 Å². The monoisotopic (exact) mass is 529 g/mol. The van der Waals surface area contributed by atoms with Crippen LogP contribution in [0.15, 0.2) is 18.2 Å². The van der Waals surface area contributed by atoms with Gasteiger partial charge in [-0.25, -0.2) is 14.0 Å². The number of amides is 2. The molecular formula is C29H40FN3O5. The van der Waals surface area contributed by atoms with Gasteiger partial charge in [-0.15, -0.1) is 0 Å². The quantitative estimate of drug-likeness (QED) is 0.560. The van der Waals surface area contributed by atoms with Crippen LogP contribution in [0.5, 0.6) is 0 Å². The van der Waals surface area contributed by atoms with Crippen LogP contribution >= 0.6 is 0 Å². The van der Waals surface area contributed by atoms with Crippen molar-refractivity contribution in [3.8, 4) is 0 Å². The fraction of sp³-hybridized carbons (Fsp3) is 0.724. The van der Waals surface area contributed by atoms with Crippen molar-refractivity contribution in [3.63, 3.8) is 0 Å². The molecule has 2 saturated heterocycles. The minimum atomic E-state index is -0.331. The molecule has 38 heavy (non-hydrogen) atoms. The highest BCUT2D eigenvalue weighted by Gasteiger charge is 2.48. The van der Waals surface area contributed by atoms with Gasteiger partial charge in [-0.3, -0.25) is 4.90 Å². The molecule has 1 aromatic carbocycles. The average Bonchev–Trinajstić information content (AvgIpc) is 3.42. The molecule has 6 rings (SSSR count). The average molecular weight is 530 g/mol. The topological polar surface area (TPSA) is 80.3 Å². The number of anilines is 1. The zero-order valence-corrected chi connectivity index (χ0v) is 22.2. The molecule has 208 valence electrons. The van der Waals surface area contributed by atoms with Gasteiger partial charge >= 0.3 is 12.2 Å². The third-order valence-corrected chi connectivity index (χ3v) is 9.47. The van der Waals surface area contributed by atoms with Gasteiger partial charge in [0.2, 0.25) is 0 Å². The molecule has 9 heteroatoms. The number of hydrogen-bond acceptors (Lipinski definition) is 6. The summed E-state index contributed by atoms with van der Waals surface area (Å²) in [5.74, 6) is -0.256. The molecule has 3 atom stereocenters. The Labute approximate surface area is 224 Å². The smallest absolute Gasteiger partial charge is 0.414 e. The van der Waals surface area contributed by atoms with E-state index in [1.165, 1.54) is 6.07 Å². The zero-order chi connectivity index (χ0) is 26.1. The van der Waals surface area contributed by atoms with E-state index < -0.39 is 0 Å². The van der Waals surface area contributed by atoms with Crippen molar-refractivity contribution in [3.05, 3.63) is 29.6 Å². The summed E-state index contributed by atoms with van der Waals surface area (Å²) in [5.41, 5.74) is 1.50. The number of benzene rings is 1. The minimum Gasteiger partial charge on any atom is -0.446 e. The lowest BCUT2D eigenvalue weighted by molar-refractivity contribution is 0.0557. The fourth-order valence-electron chi connectivity index (χ4n) is 7.00. The lowest BCUT2D eigenvalue weighted by Gasteiger charge is -2.43. The molecule has 1 N–H and O–H groups in total. The summed E-state index contributed by atoms with van der Waals surface area (Å²) in [6.07, 6.45) is 9.95. The van der Waals surface area contributed by atoms with Gasteiger partial charge in [-0.05, 0) is 88.2 Å². The molecule has 3 heterocycles. The molecule has 4 fully saturated rings. The number of carbonyl (C=O) groups is 2. The fourth-order valence-corrected chi connectivity index (χ4v) is 7.00. The van der Waals surface area contributed by atoms with Crippen molar-refractivity contribution in [2.24, 2.45) is 0 Å². The molecule has 2 amide bonds. The molecule has 0 radical (unpaired) electrons. The minimum absolute atomic E-state index is 0.0189. The number of halogens is 1. The number of fused-ring (bicyclic) bond motifs is 2. The lowest BCUT2D eigenvalue weighted by atomic mass is 9.74. The number of likely N-dealkylation sites (tertiary alicyclic amines) is 1. The first-order valence-corrected chi connectivity index (χ1v) is 14.6. The van der Waals surface area contributed by atoms with Crippen LogP contribution in [-0.4, -0.2) is 74.2 Å². The Hall–Kier alpha value is -2.39. The number of alkyl carbamates (subject to hydrolysis) is 1. The van der Waals surface area contributed by atoms with Crippen LogP contribution in [0.3, 0.4) is 0 Å². The Bertz CT molecular complexity index is 1020. The lowest BCUT2D eigenvalue weighted by Crippen LogP contribution is -2.50. The number of nitrogens with one attached hydrogen (secondary N) is 1. The Balaban J connectivity index is 1.09. The van der Waals surface area contributed by atoms with Crippen LogP contribution < -0.4 is 10.2 Å². The van der Waals surface area contributed by atoms with Crippen molar-refractivity contribution in [2.75, 3.05) is 37.7 Å². The van der Waals surface area contributed by atoms with E-state index in [4.69, 9.17) is 14.2 Å². The van der Waals surface area contributed by atoms with E-state index in [9.17, 15) is 14.0 Å². The highest BCUT2D eigenvalue weighted by molar-refractivity contribution is 5.91. The Morgan fingerprint density at radius 3 is 2.55 bits per heavy atom. The predicted molar refractivity (Wildman–Crippen MR) is 140 cm³/mol. The molecule has 2 aliphatic carbocycles. The number of piperidine rings is 1. The van der Waals surface area contributed by atoms with Gasteiger partial charge in [0.15, 0.2) is 0 Å². The van der Waals surface area contributed by atoms with Crippen molar-refractivity contribution >= 4 is 17.9 Å². The first-order valence-electron chi connectivity index (χ1n) is 14.6. The zero-order valence-electron chi connectivity index (χ0n) is 22.2. The third kappa shape index (κ3) is 5.37. The largest absolute Gasteiger partial charge is 0.446 e. The number of ether oxygens (including phenoxy) is 3. The van der Waals surface area contributed by atoms with Gasteiger partial charge in [0.25, 0.3) is 0 Å². The normalized spacial score (nSPS) is 29.4. The molecule has 1 aromatic rings. The summed E-state index contributed by atoms with van der Waals surface area (Å²) < 4.78 is 31.0. The van der Waals surface area contributed by atoms with E-state index >= 15 is 0 Å². The van der Waals surface area contributed by atoms with Gasteiger partial charge in [0.05, 0.1) is 18.9 Å². The van der Waals surface area contributed by atoms with E-state index in [0.29, 0.717) is 25.8 Å². The maximum Gasteiger partial charge on any atom is 0.414 e. The molecule has 0 bridgehead atoms. The summed E-state index contributed by atoms with van der Waals surface area (Å²) in [5, 5.41) is 3.12. The first-order chi connectivity index (χ1) is 18.5. The van der Waals surface area contributed by atoms with Crippen LogP contribution in [0.4, 0.5) is 19.7 Å². The Morgan fingerprint density at radius 2 is 1.82 bits per heavy atom. The van der Waals surface area contributed by atoms with Crippen molar-refractivity contribution in [1.29, 1.82) is 0 Å². The number of nitrogens with zero attached hydrogens (tertiary/aromatic N) is 2. The van der Waals surface area contributed by atoms with Gasteiger partial charge in [0, 0.05) is 30.5 Å². The number of hydrogen-bond donors (Lipinski definition) is 1. The Morgan fingerprint density at radius 1 is 1.00 bits per heavy atom. The van der Waals surface area contributed by atoms with Crippen molar-refractivity contribution in [1.82, 2.24) is 10.2 Å². The van der Waals surface area contributed by atoms with Crippen LogP contribution in [0.2, 0.25) is 0 Å². The first kappa shape index (κ1) is 25.9. The van der Waals surface area contributed by atoms with E-state index in [1.807, 2.05) is 0 Å². The van der Waals surface area contributed by atoms with Gasteiger partial charge in [-0.1, -0.05) is 12.8 Å². The van der Waals surface area contributed by atoms with E-state index in [2.05, 4.69) is 10.2 Å². The molecule has 8 nitrogen and oxygen atoms in total. The van der Waals surface area contributed by atoms with Gasteiger partial charge < -0.3 is 24.4 Å². The molecule has 2 saturated carbocycles. The predicted octanol–water partition coefficient (Wildman–Crippen LogP) is 4.88. The maximum absolute atomic E-state index is 14.4. The molecule has 3 aliphatic heterocycles. The second kappa shape index (κ2) is 11.0. The van der Waals surface area contributed by atoms with Crippen LogP contribution in [0, 0.1) is 5.82 Å². The third-order valence-electron chi connectivity index (χ3n) is 9.47. The Kier molecular flexibility index (Phi) is 7.49. The van der Waals surface area contributed by atoms with Crippen LogP contribution in [0.25, 0.3) is 0 Å². The second-order valence-electron chi connectivity index (χ2n) is 11.9. The van der Waals surface area contributed by atoms with Gasteiger partial charge in [0.1, 0.15) is 18.0 Å². The highest BCUT2D eigenvalue weighted by Crippen LogP contribution is 2.48. The summed E-state index contributed by atoms with van der Waals surface area (Å²) in [4.78, 5) is 29.8. The van der Waals surface area contributed by atoms with Crippen LogP contribution in [0.1, 0.15) is 76.2 Å². The summed E-state index contributed by atoms with van der Waals surface area (Å²) in [6, 6.07) is 5.31. The van der Waals surface area contributed by atoms with Crippen molar-refractivity contribution < 1.29 is 28.2 Å². The molecule has 0 aromatic heterocycles. The van der Waals surface area contributed by atoms with Gasteiger partial charge in [-0.2, -0.15) is 0 Å². The molecule has 1 spiro atoms. The number of rotatable bonds is 4. The molecular weight excluding hydrogens is 489 g/mol. The highest BCUT2D eigenvalue weighted by atomic mass is 19.1. The summed E-state index contributed by atoms with van der Waals surface area (Å²) in [6.45, 7) is 3.47. The number of carbonyl (C=O) groups excluding carboxylic acids is 2. The summed E-state index contributed by atoms with van der Waals surface area (Å²) >= 11 is 0. The van der Waals surface area contributed by atoms with Crippen molar-refractivity contribution in [2.45, 2.75) is 100 Å². The van der Waals surface area contributed by atoms with E-state index in [-0.39, 0.29) is 41.7 Å². The standard InChI is InChI=1S/C29H40FN3O5/c30-20-8-9-26-25(16-20)29(19-33(26)28(35)38-23-6-3-7-23)11-13-32(14-12-29)22-5-2-1-4-21(17-22)31-27(34)37-24-10-15-36-18-24/h8-9,16,21-24H,1-7,10-15,17-19H2,(H,31,34)/t21?,22?,24-/m0/s1. The van der Waals surface area contributed by atoms with E-state index in [0.717, 1.165) is 95.0 Å². The second-order valence-corrected chi connectivity index (χ2v) is 11.9. The summed E-state index contributed by atoms with van der Waals surface area (Å²) in [7, 11) is 0. The molecule has 2 unspecified atom stereocenters. The van der Waals surface area contributed by atoms with E-state index in [1.54, 1.807) is 17.0 Å².